The molecular weight excluding hydrogens is 251 g/mol. The maximum atomic E-state index is 13.7. The standard InChI is InChI=1S/C11H15FN6O/c1-11(19)2-6(12)4-18(5-11)9-7-3-14-17-8(7)15-10(13)16-9/h3,6,19H,2,4-5H2,1H3,(H3,13,14,15,16,17)/t6-,11+/m0/s1. The lowest BCUT2D eigenvalue weighted by Crippen LogP contribution is -2.51. The van der Waals surface area contributed by atoms with Gasteiger partial charge in [-0.2, -0.15) is 15.1 Å². The van der Waals surface area contributed by atoms with Gasteiger partial charge < -0.3 is 15.7 Å². The molecule has 0 aliphatic carbocycles. The minimum Gasteiger partial charge on any atom is -0.388 e. The number of nitrogens with one attached hydrogen (secondary N) is 1. The molecular formula is C11H15FN6O. The average Bonchev–Trinajstić information content (AvgIpc) is 2.72. The third-order valence-electron chi connectivity index (χ3n) is 3.22. The van der Waals surface area contributed by atoms with E-state index in [9.17, 15) is 9.50 Å². The first-order chi connectivity index (χ1) is 8.94. The van der Waals surface area contributed by atoms with Gasteiger partial charge in [0.2, 0.25) is 5.95 Å². The van der Waals surface area contributed by atoms with Gasteiger partial charge in [-0.1, -0.05) is 0 Å². The molecule has 0 aromatic carbocycles. The Labute approximate surface area is 108 Å². The Morgan fingerprint density at radius 1 is 1.58 bits per heavy atom. The molecule has 19 heavy (non-hydrogen) atoms. The highest BCUT2D eigenvalue weighted by Gasteiger charge is 2.36. The van der Waals surface area contributed by atoms with Gasteiger partial charge in [0.25, 0.3) is 0 Å². The highest BCUT2D eigenvalue weighted by atomic mass is 19.1. The molecule has 2 aromatic rings. The molecule has 0 saturated carbocycles. The molecule has 8 heteroatoms. The highest BCUT2D eigenvalue weighted by molar-refractivity contribution is 5.87. The molecule has 7 nitrogen and oxygen atoms in total. The first kappa shape index (κ1) is 12.1. The molecule has 1 fully saturated rings. The number of β-amino-alcohol motifs (C(OH)–C–C–N with tert-alkyl or cyclic N) is 1. The summed E-state index contributed by atoms with van der Waals surface area (Å²) in [7, 11) is 0. The van der Waals surface area contributed by atoms with Crippen LogP contribution in [-0.4, -0.2) is 50.1 Å². The molecule has 3 heterocycles. The van der Waals surface area contributed by atoms with Gasteiger partial charge in [-0.15, -0.1) is 0 Å². The third kappa shape index (κ3) is 2.19. The number of alkyl halides is 1. The van der Waals surface area contributed by atoms with Crippen LogP contribution in [0, 0.1) is 0 Å². The predicted molar refractivity (Wildman–Crippen MR) is 68.4 cm³/mol. The normalized spacial score (nSPS) is 27.9. The lowest BCUT2D eigenvalue weighted by atomic mass is 9.94. The summed E-state index contributed by atoms with van der Waals surface area (Å²) in [6, 6.07) is 0. The fourth-order valence-corrected chi connectivity index (χ4v) is 2.56. The van der Waals surface area contributed by atoms with Gasteiger partial charge >= 0.3 is 0 Å². The summed E-state index contributed by atoms with van der Waals surface area (Å²) in [5.74, 6) is 0.589. The molecule has 0 spiro atoms. The maximum absolute atomic E-state index is 13.7. The Morgan fingerprint density at radius 3 is 3.11 bits per heavy atom. The van der Waals surface area contributed by atoms with E-state index in [1.165, 1.54) is 0 Å². The van der Waals surface area contributed by atoms with Crippen LogP contribution in [0.15, 0.2) is 6.20 Å². The summed E-state index contributed by atoms with van der Waals surface area (Å²) in [5, 5.41) is 17.3. The maximum Gasteiger partial charge on any atom is 0.224 e. The van der Waals surface area contributed by atoms with E-state index in [2.05, 4.69) is 20.2 Å². The number of piperidine rings is 1. The van der Waals surface area contributed by atoms with Crippen molar-refractivity contribution in [2.24, 2.45) is 0 Å². The van der Waals surface area contributed by atoms with Crippen LogP contribution in [0.3, 0.4) is 0 Å². The molecule has 3 rings (SSSR count). The monoisotopic (exact) mass is 266 g/mol. The lowest BCUT2D eigenvalue weighted by molar-refractivity contribution is 0.0165. The topological polar surface area (TPSA) is 104 Å². The van der Waals surface area contributed by atoms with Crippen molar-refractivity contribution >= 4 is 22.8 Å². The summed E-state index contributed by atoms with van der Waals surface area (Å²) in [6.45, 7) is 2.08. The smallest absolute Gasteiger partial charge is 0.224 e. The Balaban J connectivity index is 2.06. The number of aliphatic hydroxyl groups is 1. The van der Waals surface area contributed by atoms with Crippen LogP contribution < -0.4 is 10.6 Å². The molecule has 0 radical (unpaired) electrons. The molecule has 1 saturated heterocycles. The van der Waals surface area contributed by atoms with E-state index >= 15 is 0 Å². The second kappa shape index (κ2) is 4.02. The van der Waals surface area contributed by atoms with Crippen LogP contribution in [0.5, 0.6) is 0 Å². The quantitative estimate of drug-likeness (QED) is 0.682. The minimum atomic E-state index is -1.11. The first-order valence-corrected chi connectivity index (χ1v) is 6.03. The lowest BCUT2D eigenvalue weighted by Gasteiger charge is -2.39. The number of aromatic amines is 1. The van der Waals surface area contributed by atoms with E-state index in [0.29, 0.717) is 23.4 Å². The van der Waals surface area contributed by atoms with Crippen molar-refractivity contribution in [2.75, 3.05) is 23.7 Å². The summed E-state index contributed by atoms with van der Waals surface area (Å²) < 4.78 is 13.7. The molecule has 0 amide bonds. The van der Waals surface area contributed by atoms with Crippen LogP contribution in [0.4, 0.5) is 16.2 Å². The Bertz CT molecular complexity index is 612. The molecule has 1 aliphatic heterocycles. The van der Waals surface area contributed by atoms with Gasteiger partial charge in [0, 0.05) is 13.0 Å². The molecule has 1 aliphatic rings. The van der Waals surface area contributed by atoms with Gasteiger partial charge in [-0.25, -0.2) is 4.39 Å². The van der Waals surface area contributed by atoms with Crippen molar-refractivity contribution in [3.63, 3.8) is 0 Å². The number of halogens is 1. The van der Waals surface area contributed by atoms with Gasteiger partial charge in [-0.05, 0) is 6.92 Å². The Kier molecular flexibility index (Phi) is 2.56. The number of anilines is 2. The van der Waals surface area contributed by atoms with Crippen molar-refractivity contribution in [1.29, 1.82) is 0 Å². The van der Waals surface area contributed by atoms with Gasteiger partial charge in [-0.3, -0.25) is 5.10 Å². The zero-order chi connectivity index (χ0) is 13.6. The third-order valence-corrected chi connectivity index (χ3v) is 3.22. The van der Waals surface area contributed by atoms with Crippen molar-refractivity contribution in [3.05, 3.63) is 6.20 Å². The van der Waals surface area contributed by atoms with E-state index in [-0.39, 0.29) is 18.9 Å². The Morgan fingerprint density at radius 2 is 2.37 bits per heavy atom. The number of nitrogens with zero attached hydrogens (tertiary/aromatic N) is 4. The second-order valence-corrected chi connectivity index (χ2v) is 5.22. The zero-order valence-corrected chi connectivity index (χ0v) is 10.5. The van der Waals surface area contributed by atoms with Crippen LogP contribution in [0.2, 0.25) is 0 Å². The molecule has 0 unspecified atom stereocenters. The predicted octanol–water partition coefficient (Wildman–Crippen LogP) is 0.234. The fraction of sp³-hybridized carbons (Fsp3) is 0.545. The SMILES string of the molecule is C[C@@]1(O)C[C@H](F)CN(c2nc(N)nc3[nH]ncc23)C1. The van der Waals surface area contributed by atoms with Crippen LogP contribution in [0.25, 0.3) is 11.0 Å². The van der Waals surface area contributed by atoms with E-state index in [1.54, 1.807) is 18.0 Å². The number of H-pyrrole nitrogens is 1. The van der Waals surface area contributed by atoms with Gasteiger partial charge in [0.05, 0.1) is 23.7 Å². The van der Waals surface area contributed by atoms with E-state index < -0.39 is 11.8 Å². The zero-order valence-electron chi connectivity index (χ0n) is 10.5. The fourth-order valence-electron chi connectivity index (χ4n) is 2.56. The van der Waals surface area contributed by atoms with Gasteiger partial charge in [0.15, 0.2) is 5.65 Å². The summed E-state index contributed by atoms with van der Waals surface area (Å²) >= 11 is 0. The van der Waals surface area contributed by atoms with Crippen molar-refractivity contribution in [2.45, 2.75) is 25.1 Å². The number of rotatable bonds is 1. The number of aromatic nitrogens is 4. The molecule has 0 bridgehead atoms. The van der Waals surface area contributed by atoms with Crippen molar-refractivity contribution in [1.82, 2.24) is 20.2 Å². The van der Waals surface area contributed by atoms with Crippen LogP contribution in [-0.2, 0) is 0 Å². The molecule has 2 atom stereocenters. The van der Waals surface area contributed by atoms with E-state index in [0.717, 1.165) is 0 Å². The molecule has 2 aromatic heterocycles. The number of fused-ring (bicyclic) bond motifs is 1. The minimum absolute atomic E-state index is 0.0902. The first-order valence-electron chi connectivity index (χ1n) is 6.03. The largest absolute Gasteiger partial charge is 0.388 e. The second-order valence-electron chi connectivity index (χ2n) is 5.22. The van der Waals surface area contributed by atoms with Crippen molar-refractivity contribution in [3.8, 4) is 0 Å². The summed E-state index contributed by atoms with van der Waals surface area (Å²) in [5.41, 5.74) is 5.05. The van der Waals surface area contributed by atoms with Gasteiger partial charge in [0.1, 0.15) is 12.0 Å². The van der Waals surface area contributed by atoms with Crippen LogP contribution in [0.1, 0.15) is 13.3 Å². The molecule has 4 N–H and O–H groups in total. The number of nitrogen functional groups attached to an aromatic ring is 1. The molecule has 102 valence electrons. The highest BCUT2D eigenvalue weighted by Crippen LogP contribution is 2.30. The summed E-state index contributed by atoms with van der Waals surface area (Å²) in [4.78, 5) is 9.85. The number of nitrogens with two attached hydrogens (primary N) is 1. The van der Waals surface area contributed by atoms with E-state index in [4.69, 9.17) is 5.73 Å². The number of hydrogen-bond donors (Lipinski definition) is 3. The Hall–Kier alpha value is -1.96. The average molecular weight is 266 g/mol. The van der Waals surface area contributed by atoms with Crippen molar-refractivity contribution < 1.29 is 9.50 Å². The summed E-state index contributed by atoms with van der Waals surface area (Å²) in [6.07, 6.45) is 0.584. The van der Waals surface area contributed by atoms with Crippen LogP contribution >= 0.6 is 0 Å². The number of hydrogen-bond acceptors (Lipinski definition) is 6. The van der Waals surface area contributed by atoms with E-state index in [1.807, 2.05) is 0 Å².